The lowest BCUT2D eigenvalue weighted by atomic mass is 10.2. The standard InChI is InChI=1S/C14H22N4O/c1-5-19-12-8-6-7-11-13(12)16-14(15)18(11)10(2)9-17(3)4/h6-8,10H,5,9H2,1-4H3,(H2,15,16). The van der Waals surface area contributed by atoms with Crippen LogP contribution in [0.25, 0.3) is 11.0 Å². The first kappa shape index (κ1) is 13.7. The molecule has 0 radical (unpaired) electrons. The van der Waals surface area contributed by atoms with Crippen LogP contribution < -0.4 is 10.5 Å². The average Bonchev–Trinajstić information content (AvgIpc) is 2.66. The molecule has 1 unspecified atom stereocenters. The molecule has 1 heterocycles. The Morgan fingerprint density at radius 2 is 2.16 bits per heavy atom. The fourth-order valence-corrected chi connectivity index (χ4v) is 2.45. The zero-order valence-corrected chi connectivity index (χ0v) is 12.1. The number of hydrogen-bond acceptors (Lipinski definition) is 4. The molecule has 0 bridgehead atoms. The predicted octanol–water partition coefficient (Wildman–Crippen LogP) is 2.14. The van der Waals surface area contributed by atoms with Gasteiger partial charge in [-0.25, -0.2) is 4.98 Å². The largest absolute Gasteiger partial charge is 0.492 e. The second kappa shape index (κ2) is 5.48. The van der Waals surface area contributed by atoms with Crippen LogP contribution in [0.3, 0.4) is 0 Å². The summed E-state index contributed by atoms with van der Waals surface area (Å²) in [5.74, 6) is 1.33. The first-order chi connectivity index (χ1) is 9.04. The number of rotatable bonds is 5. The normalized spacial score (nSPS) is 13.1. The van der Waals surface area contributed by atoms with Gasteiger partial charge in [0.1, 0.15) is 11.3 Å². The summed E-state index contributed by atoms with van der Waals surface area (Å²) in [6.07, 6.45) is 0. The van der Waals surface area contributed by atoms with E-state index in [4.69, 9.17) is 10.5 Å². The molecular formula is C14H22N4O. The minimum atomic E-state index is 0.261. The highest BCUT2D eigenvalue weighted by molar-refractivity contribution is 5.84. The van der Waals surface area contributed by atoms with E-state index >= 15 is 0 Å². The van der Waals surface area contributed by atoms with E-state index in [9.17, 15) is 0 Å². The highest BCUT2D eigenvalue weighted by Crippen LogP contribution is 2.29. The van der Waals surface area contributed by atoms with Gasteiger partial charge in [0.05, 0.1) is 12.1 Å². The molecule has 2 aromatic rings. The van der Waals surface area contributed by atoms with Gasteiger partial charge in [0, 0.05) is 12.6 Å². The number of nitrogens with two attached hydrogens (primary N) is 1. The van der Waals surface area contributed by atoms with Crippen molar-refractivity contribution >= 4 is 17.0 Å². The van der Waals surface area contributed by atoms with Crippen molar-refractivity contribution in [3.63, 3.8) is 0 Å². The Hall–Kier alpha value is -1.75. The molecule has 0 fully saturated rings. The van der Waals surface area contributed by atoms with E-state index in [0.29, 0.717) is 12.6 Å². The van der Waals surface area contributed by atoms with Gasteiger partial charge in [-0.2, -0.15) is 0 Å². The lowest BCUT2D eigenvalue weighted by Crippen LogP contribution is -2.23. The fraction of sp³-hybridized carbons (Fsp3) is 0.500. The van der Waals surface area contributed by atoms with Crippen molar-refractivity contribution in [2.45, 2.75) is 19.9 Å². The molecule has 0 aliphatic heterocycles. The van der Waals surface area contributed by atoms with Crippen LogP contribution in [0.4, 0.5) is 5.95 Å². The zero-order valence-electron chi connectivity index (χ0n) is 12.1. The molecule has 1 aromatic heterocycles. The maximum absolute atomic E-state index is 6.07. The van der Waals surface area contributed by atoms with Crippen molar-refractivity contribution in [2.24, 2.45) is 0 Å². The summed E-state index contributed by atoms with van der Waals surface area (Å²) in [5, 5.41) is 0. The van der Waals surface area contributed by atoms with Crippen LogP contribution in [0.2, 0.25) is 0 Å². The Balaban J connectivity index is 2.50. The SMILES string of the molecule is CCOc1cccc2c1nc(N)n2C(C)CN(C)C. The van der Waals surface area contributed by atoms with Crippen molar-refractivity contribution in [1.29, 1.82) is 0 Å². The van der Waals surface area contributed by atoms with E-state index in [0.717, 1.165) is 23.3 Å². The van der Waals surface area contributed by atoms with Gasteiger partial charge in [0.2, 0.25) is 5.95 Å². The highest BCUT2D eigenvalue weighted by Gasteiger charge is 2.16. The van der Waals surface area contributed by atoms with Crippen LogP contribution in [-0.2, 0) is 0 Å². The molecule has 0 aliphatic rings. The van der Waals surface area contributed by atoms with E-state index in [-0.39, 0.29) is 6.04 Å². The molecule has 2 N–H and O–H groups in total. The number of anilines is 1. The average molecular weight is 262 g/mol. The minimum Gasteiger partial charge on any atom is -0.492 e. The monoisotopic (exact) mass is 262 g/mol. The molecule has 1 aromatic carbocycles. The second-order valence-electron chi connectivity index (χ2n) is 5.01. The molecule has 0 saturated heterocycles. The summed E-state index contributed by atoms with van der Waals surface area (Å²) < 4.78 is 7.67. The van der Waals surface area contributed by atoms with Gasteiger partial charge in [0.25, 0.3) is 0 Å². The molecule has 0 spiro atoms. The minimum absolute atomic E-state index is 0.261. The van der Waals surface area contributed by atoms with Crippen molar-refractivity contribution in [2.75, 3.05) is 33.0 Å². The van der Waals surface area contributed by atoms with Crippen molar-refractivity contribution in [3.05, 3.63) is 18.2 Å². The van der Waals surface area contributed by atoms with E-state index in [1.165, 1.54) is 0 Å². The maximum Gasteiger partial charge on any atom is 0.201 e. The predicted molar refractivity (Wildman–Crippen MR) is 78.6 cm³/mol. The molecular weight excluding hydrogens is 240 g/mol. The number of fused-ring (bicyclic) bond motifs is 1. The summed E-state index contributed by atoms with van der Waals surface area (Å²) in [6.45, 7) is 5.65. The van der Waals surface area contributed by atoms with Crippen LogP contribution in [0.5, 0.6) is 5.75 Å². The summed E-state index contributed by atoms with van der Waals surface area (Å²) in [5.41, 5.74) is 7.94. The van der Waals surface area contributed by atoms with E-state index in [2.05, 4.69) is 35.5 Å². The topological polar surface area (TPSA) is 56.3 Å². The van der Waals surface area contributed by atoms with Gasteiger partial charge in [-0.15, -0.1) is 0 Å². The Morgan fingerprint density at radius 3 is 2.79 bits per heavy atom. The van der Waals surface area contributed by atoms with Crippen LogP contribution in [0, 0.1) is 0 Å². The molecule has 1 atom stereocenters. The van der Waals surface area contributed by atoms with E-state index in [1.54, 1.807) is 0 Å². The number of para-hydroxylation sites is 1. The zero-order chi connectivity index (χ0) is 14.0. The Morgan fingerprint density at radius 1 is 1.42 bits per heavy atom. The molecule has 0 saturated carbocycles. The van der Waals surface area contributed by atoms with Crippen molar-refractivity contribution in [1.82, 2.24) is 14.5 Å². The third kappa shape index (κ3) is 2.66. The molecule has 19 heavy (non-hydrogen) atoms. The highest BCUT2D eigenvalue weighted by atomic mass is 16.5. The third-order valence-electron chi connectivity index (χ3n) is 3.08. The smallest absolute Gasteiger partial charge is 0.201 e. The fourth-order valence-electron chi connectivity index (χ4n) is 2.45. The second-order valence-corrected chi connectivity index (χ2v) is 5.01. The van der Waals surface area contributed by atoms with Crippen LogP contribution >= 0.6 is 0 Å². The summed E-state index contributed by atoms with van der Waals surface area (Å²) in [7, 11) is 4.11. The van der Waals surface area contributed by atoms with Gasteiger partial charge in [-0.3, -0.25) is 0 Å². The van der Waals surface area contributed by atoms with Crippen LogP contribution in [0.1, 0.15) is 19.9 Å². The van der Waals surface area contributed by atoms with Gasteiger partial charge in [-0.1, -0.05) is 6.07 Å². The van der Waals surface area contributed by atoms with Gasteiger partial charge in [-0.05, 0) is 40.1 Å². The number of ether oxygens (including phenoxy) is 1. The molecule has 2 rings (SSSR count). The summed E-state index contributed by atoms with van der Waals surface area (Å²) in [6, 6.07) is 6.21. The molecule has 0 amide bonds. The first-order valence-corrected chi connectivity index (χ1v) is 6.58. The summed E-state index contributed by atoms with van der Waals surface area (Å²) >= 11 is 0. The van der Waals surface area contributed by atoms with Crippen LogP contribution in [-0.4, -0.2) is 41.7 Å². The van der Waals surface area contributed by atoms with Gasteiger partial charge >= 0.3 is 0 Å². The van der Waals surface area contributed by atoms with Crippen molar-refractivity contribution in [3.8, 4) is 5.75 Å². The van der Waals surface area contributed by atoms with E-state index < -0.39 is 0 Å². The molecule has 5 heteroatoms. The molecule has 104 valence electrons. The first-order valence-electron chi connectivity index (χ1n) is 6.58. The molecule has 5 nitrogen and oxygen atoms in total. The molecule has 0 aliphatic carbocycles. The summed E-state index contributed by atoms with van der Waals surface area (Å²) in [4.78, 5) is 6.60. The Labute approximate surface area is 114 Å². The quantitative estimate of drug-likeness (QED) is 0.897. The Bertz CT molecular complexity index is 562. The number of nitrogen functional groups attached to an aromatic ring is 1. The van der Waals surface area contributed by atoms with E-state index in [1.807, 2.05) is 25.1 Å². The van der Waals surface area contributed by atoms with Crippen LogP contribution in [0.15, 0.2) is 18.2 Å². The number of likely N-dealkylation sites (N-methyl/N-ethyl adjacent to an activating group) is 1. The number of aromatic nitrogens is 2. The lowest BCUT2D eigenvalue weighted by Gasteiger charge is -2.20. The van der Waals surface area contributed by atoms with Crippen molar-refractivity contribution < 1.29 is 4.74 Å². The Kier molecular flexibility index (Phi) is 3.95. The number of benzene rings is 1. The van der Waals surface area contributed by atoms with Gasteiger partial charge < -0.3 is 19.9 Å². The number of imidazole rings is 1. The lowest BCUT2D eigenvalue weighted by molar-refractivity contribution is 0.341. The third-order valence-corrected chi connectivity index (χ3v) is 3.08. The maximum atomic E-state index is 6.07. The van der Waals surface area contributed by atoms with Gasteiger partial charge in [0.15, 0.2) is 0 Å². The number of hydrogen-bond donors (Lipinski definition) is 1. The number of nitrogens with zero attached hydrogens (tertiary/aromatic N) is 3.